The van der Waals surface area contributed by atoms with Crippen molar-refractivity contribution in [3.8, 4) is 0 Å². The van der Waals surface area contributed by atoms with Crippen molar-refractivity contribution >= 4 is 0 Å². The first-order valence-corrected chi connectivity index (χ1v) is 7.19. The van der Waals surface area contributed by atoms with Gasteiger partial charge in [0.25, 0.3) is 0 Å². The van der Waals surface area contributed by atoms with Crippen LogP contribution in [0.3, 0.4) is 0 Å². The smallest absolute Gasteiger partial charge is 0.0697 e. The molecule has 1 N–H and O–H groups in total. The van der Waals surface area contributed by atoms with Crippen molar-refractivity contribution in [1.82, 2.24) is 5.32 Å². The highest BCUT2D eigenvalue weighted by Crippen LogP contribution is 2.42. The summed E-state index contributed by atoms with van der Waals surface area (Å²) in [6, 6.07) is 9.28. The second-order valence-corrected chi connectivity index (χ2v) is 5.88. The summed E-state index contributed by atoms with van der Waals surface area (Å²) in [5, 5.41) is 3.72. The molecule has 1 atom stereocenters. The average molecular weight is 245 g/mol. The van der Waals surface area contributed by atoms with Crippen LogP contribution in [0, 0.1) is 6.92 Å². The molecule has 1 saturated carbocycles. The minimum atomic E-state index is 0.252. The molecule has 1 saturated heterocycles. The Morgan fingerprint density at radius 3 is 2.89 bits per heavy atom. The zero-order chi connectivity index (χ0) is 12.4. The molecule has 1 spiro atoms. The van der Waals surface area contributed by atoms with Crippen molar-refractivity contribution in [2.45, 2.75) is 57.2 Å². The van der Waals surface area contributed by atoms with Gasteiger partial charge >= 0.3 is 0 Å². The fraction of sp³-hybridized carbons (Fsp3) is 0.625. The molecule has 2 nitrogen and oxygen atoms in total. The molecule has 0 bridgehead atoms. The Kier molecular flexibility index (Phi) is 3.40. The molecule has 1 aromatic rings. The van der Waals surface area contributed by atoms with Crippen LogP contribution in [0.25, 0.3) is 0 Å². The van der Waals surface area contributed by atoms with Gasteiger partial charge in [-0.1, -0.05) is 24.3 Å². The number of hydrogen-bond acceptors (Lipinski definition) is 2. The van der Waals surface area contributed by atoms with Gasteiger partial charge in [-0.05, 0) is 50.2 Å². The van der Waals surface area contributed by atoms with Crippen LogP contribution in [0.5, 0.6) is 0 Å². The van der Waals surface area contributed by atoms with Crippen LogP contribution in [0.15, 0.2) is 24.3 Å². The van der Waals surface area contributed by atoms with Crippen molar-refractivity contribution < 1.29 is 4.74 Å². The summed E-state index contributed by atoms with van der Waals surface area (Å²) >= 11 is 0. The number of nitrogens with one attached hydrogen (secondary N) is 1. The van der Waals surface area contributed by atoms with Crippen LogP contribution in [0.1, 0.15) is 43.2 Å². The SMILES string of the molecule is Cc1ccccc1CNC1CCOC2(CCC2)C1. The maximum absolute atomic E-state index is 5.97. The Balaban J connectivity index is 1.55. The maximum Gasteiger partial charge on any atom is 0.0697 e. The Labute approximate surface area is 110 Å². The summed E-state index contributed by atoms with van der Waals surface area (Å²) < 4.78 is 5.97. The molecule has 0 radical (unpaired) electrons. The van der Waals surface area contributed by atoms with E-state index in [9.17, 15) is 0 Å². The second-order valence-electron chi connectivity index (χ2n) is 5.88. The topological polar surface area (TPSA) is 21.3 Å². The van der Waals surface area contributed by atoms with Crippen LogP contribution in [-0.4, -0.2) is 18.2 Å². The maximum atomic E-state index is 5.97. The average Bonchev–Trinajstić information content (AvgIpc) is 2.36. The molecule has 1 unspecified atom stereocenters. The highest BCUT2D eigenvalue weighted by Gasteiger charge is 2.42. The molecule has 1 aliphatic heterocycles. The van der Waals surface area contributed by atoms with Crippen LogP contribution in [0.2, 0.25) is 0 Å². The number of benzene rings is 1. The Morgan fingerprint density at radius 2 is 2.17 bits per heavy atom. The van der Waals surface area contributed by atoms with Gasteiger partial charge in [-0.2, -0.15) is 0 Å². The van der Waals surface area contributed by atoms with Crippen LogP contribution in [-0.2, 0) is 11.3 Å². The van der Waals surface area contributed by atoms with Gasteiger partial charge in [0.1, 0.15) is 0 Å². The number of aryl methyl sites for hydroxylation is 1. The summed E-state index contributed by atoms with van der Waals surface area (Å²) in [4.78, 5) is 0. The van der Waals surface area contributed by atoms with Gasteiger partial charge in [0.05, 0.1) is 5.60 Å². The third-order valence-corrected chi connectivity index (χ3v) is 4.60. The molecular weight excluding hydrogens is 222 g/mol. The van der Waals surface area contributed by atoms with Crippen molar-refractivity contribution in [2.24, 2.45) is 0 Å². The van der Waals surface area contributed by atoms with E-state index in [1.807, 2.05) is 0 Å². The van der Waals surface area contributed by atoms with Crippen molar-refractivity contribution in [3.05, 3.63) is 35.4 Å². The van der Waals surface area contributed by atoms with Gasteiger partial charge in [0, 0.05) is 19.2 Å². The lowest BCUT2D eigenvalue weighted by atomic mass is 9.74. The van der Waals surface area contributed by atoms with Gasteiger partial charge in [0.15, 0.2) is 0 Å². The zero-order valence-corrected chi connectivity index (χ0v) is 11.2. The minimum Gasteiger partial charge on any atom is -0.375 e. The summed E-state index contributed by atoms with van der Waals surface area (Å²) in [5.41, 5.74) is 3.06. The molecule has 18 heavy (non-hydrogen) atoms. The molecule has 2 heteroatoms. The summed E-state index contributed by atoms with van der Waals surface area (Å²) in [6.07, 6.45) is 6.27. The second kappa shape index (κ2) is 5.02. The molecule has 1 aliphatic carbocycles. The van der Waals surface area contributed by atoms with Crippen LogP contribution < -0.4 is 5.32 Å². The van der Waals surface area contributed by atoms with E-state index in [4.69, 9.17) is 4.74 Å². The Hall–Kier alpha value is -0.860. The third kappa shape index (κ3) is 2.45. The molecule has 1 aromatic carbocycles. The van der Waals surface area contributed by atoms with Gasteiger partial charge < -0.3 is 10.1 Å². The number of rotatable bonds is 3. The van der Waals surface area contributed by atoms with Crippen LogP contribution >= 0.6 is 0 Å². The highest BCUT2D eigenvalue weighted by atomic mass is 16.5. The molecule has 3 rings (SSSR count). The summed E-state index contributed by atoms with van der Waals surface area (Å²) in [5.74, 6) is 0. The third-order valence-electron chi connectivity index (χ3n) is 4.60. The highest BCUT2D eigenvalue weighted by molar-refractivity contribution is 5.25. The van der Waals surface area contributed by atoms with E-state index in [2.05, 4.69) is 36.5 Å². The van der Waals surface area contributed by atoms with E-state index >= 15 is 0 Å². The number of hydrogen-bond donors (Lipinski definition) is 1. The van der Waals surface area contributed by atoms with Gasteiger partial charge in [-0.3, -0.25) is 0 Å². The first kappa shape index (κ1) is 12.2. The van der Waals surface area contributed by atoms with Gasteiger partial charge in [-0.15, -0.1) is 0 Å². The monoisotopic (exact) mass is 245 g/mol. The predicted molar refractivity (Wildman–Crippen MR) is 73.6 cm³/mol. The van der Waals surface area contributed by atoms with Crippen LogP contribution in [0.4, 0.5) is 0 Å². The van der Waals surface area contributed by atoms with E-state index in [0.717, 1.165) is 19.6 Å². The molecule has 1 heterocycles. The quantitative estimate of drug-likeness (QED) is 0.883. The largest absolute Gasteiger partial charge is 0.375 e. The fourth-order valence-electron chi connectivity index (χ4n) is 3.18. The molecule has 0 amide bonds. The molecule has 98 valence electrons. The van der Waals surface area contributed by atoms with E-state index < -0.39 is 0 Å². The van der Waals surface area contributed by atoms with E-state index in [-0.39, 0.29) is 5.60 Å². The Bertz CT molecular complexity index is 411. The summed E-state index contributed by atoms with van der Waals surface area (Å²) in [6.45, 7) is 4.12. The first-order chi connectivity index (χ1) is 8.77. The standard InChI is InChI=1S/C16H23NO/c1-13-5-2-3-6-14(13)12-17-15-7-10-18-16(11-15)8-4-9-16/h2-3,5-6,15,17H,4,7-12H2,1H3. The lowest BCUT2D eigenvalue weighted by Crippen LogP contribution is -2.50. The van der Waals surface area contributed by atoms with E-state index in [1.54, 1.807) is 0 Å². The van der Waals surface area contributed by atoms with Crippen molar-refractivity contribution in [3.63, 3.8) is 0 Å². The minimum absolute atomic E-state index is 0.252. The van der Waals surface area contributed by atoms with E-state index in [0.29, 0.717) is 6.04 Å². The van der Waals surface area contributed by atoms with Gasteiger partial charge in [0.2, 0.25) is 0 Å². The lowest BCUT2D eigenvalue weighted by Gasteiger charge is -2.47. The number of ether oxygens (including phenoxy) is 1. The Morgan fingerprint density at radius 1 is 1.33 bits per heavy atom. The van der Waals surface area contributed by atoms with Crippen molar-refractivity contribution in [2.75, 3.05) is 6.61 Å². The normalized spacial score (nSPS) is 25.9. The van der Waals surface area contributed by atoms with Crippen molar-refractivity contribution in [1.29, 1.82) is 0 Å². The molecule has 2 fully saturated rings. The van der Waals surface area contributed by atoms with Gasteiger partial charge in [-0.25, -0.2) is 0 Å². The molecular formula is C16H23NO. The lowest BCUT2D eigenvalue weighted by molar-refractivity contribution is -0.135. The predicted octanol–water partition coefficient (Wildman–Crippen LogP) is 3.19. The first-order valence-electron chi connectivity index (χ1n) is 7.19. The summed E-state index contributed by atoms with van der Waals surface area (Å²) in [7, 11) is 0. The molecule has 2 aliphatic rings. The fourth-order valence-corrected chi connectivity index (χ4v) is 3.18. The zero-order valence-electron chi connectivity index (χ0n) is 11.2. The van der Waals surface area contributed by atoms with E-state index in [1.165, 1.54) is 36.8 Å². The molecule has 0 aromatic heterocycles.